The smallest absolute Gasteiger partial charge is 0.345 e. The highest BCUT2D eigenvalue weighted by Gasteiger charge is 2.24. The van der Waals surface area contributed by atoms with E-state index in [0.29, 0.717) is 12.8 Å². The van der Waals surface area contributed by atoms with Gasteiger partial charge in [0.1, 0.15) is 0 Å². The summed E-state index contributed by atoms with van der Waals surface area (Å²) in [6, 6.07) is 0. The predicted molar refractivity (Wildman–Crippen MR) is 117 cm³/mol. The molecule has 0 radical (unpaired) electrons. The Bertz CT molecular complexity index is 421. The summed E-state index contributed by atoms with van der Waals surface area (Å²) in [4.78, 5) is 23.5. The maximum absolute atomic E-state index is 12.0. The third-order valence-corrected chi connectivity index (χ3v) is 5.34. The van der Waals surface area contributed by atoms with E-state index in [-0.39, 0.29) is 0 Å². The van der Waals surface area contributed by atoms with Gasteiger partial charge in [-0.2, -0.15) is 0 Å². The van der Waals surface area contributed by atoms with Crippen LogP contribution < -0.4 is 0 Å². The first kappa shape index (κ1) is 27.8. The van der Waals surface area contributed by atoms with Crippen molar-refractivity contribution in [1.29, 1.82) is 0 Å². The standard InChI is InChI=1S/C24H44O5/c1-3-5-6-7-8-9-10-11-12-13-14-15-16-17-19-21(18-4-2)23(27)29-24(28)22(26)20-25/h4,21-22,25-26H,2-3,5-20H2,1H3. The molecule has 170 valence electrons. The molecular formula is C24H44O5. The van der Waals surface area contributed by atoms with Crippen LogP contribution in [0.4, 0.5) is 0 Å². The molecule has 0 aromatic rings. The Balaban J connectivity index is 3.68. The molecule has 0 aromatic heterocycles. The van der Waals surface area contributed by atoms with Crippen LogP contribution >= 0.6 is 0 Å². The average molecular weight is 413 g/mol. The molecule has 2 atom stereocenters. The van der Waals surface area contributed by atoms with E-state index in [1.54, 1.807) is 6.08 Å². The van der Waals surface area contributed by atoms with Crippen molar-refractivity contribution in [3.8, 4) is 0 Å². The molecular weight excluding hydrogens is 368 g/mol. The Labute approximate surface area is 177 Å². The molecule has 0 aliphatic carbocycles. The van der Waals surface area contributed by atoms with E-state index in [1.165, 1.54) is 70.6 Å². The van der Waals surface area contributed by atoms with Gasteiger partial charge in [0, 0.05) is 0 Å². The largest absolute Gasteiger partial charge is 0.393 e. The molecule has 0 rings (SSSR count). The zero-order valence-electron chi connectivity index (χ0n) is 18.6. The van der Waals surface area contributed by atoms with Crippen molar-refractivity contribution in [2.24, 2.45) is 5.92 Å². The summed E-state index contributed by atoms with van der Waals surface area (Å²) in [5.41, 5.74) is 0. The minimum absolute atomic E-state index is 0.417. The maximum Gasteiger partial charge on any atom is 0.345 e. The Hall–Kier alpha value is -1.20. The molecule has 0 aliphatic heterocycles. The number of unbranched alkanes of at least 4 members (excludes halogenated alkanes) is 13. The van der Waals surface area contributed by atoms with Gasteiger partial charge in [0.15, 0.2) is 6.10 Å². The molecule has 0 bridgehead atoms. The van der Waals surface area contributed by atoms with Gasteiger partial charge in [0.05, 0.1) is 12.5 Å². The molecule has 5 nitrogen and oxygen atoms in total. The summed E-state index contributed by atoms with van der Waals surface area (Å²) < 4.78 is 4.65. The number of carbonyl (C=O) groups is 2. The van der Waals surface area contributed by atoms with Crippen LogP contribution in [-0.4, -0.2) is 34.9 Å². The summed E-state index contributed by atoms with van der Waals surface area (Å²) in [5.74, 6) is -2.15. The highest BCUT2D eigenvalue weighted by atomic mass is 16.6. The fourth-order valence-electron chi connectivity index (χ4n) is 3.44. The number of esters is 2. The molecule has 0 heterocycles. The van der Waals surface area contributed by atoms with E-state index in [9.17, 15) is 14.7 Å². The molecule has 0 spiro atoms. The SMILES string of the molecule is C=CCC(CCCCCCCCCCCCCCCC)C(=O)OC(=O)C(O)CO. The fourth-order valence-corrected chi connectivity index (χ4v) is 3.44. The maximum atomic E-state index is 12.0. The second-order valence-electron chi connectivity index (χ2n) is 8.04. The van der Waals surface area contributed by atoms with Crippen LogP contribution in [0.5, 0.6) is 0 Å². The number of aliphatic hydroxyl groups is 2. The average Bonchev–Trinajstić information content (AvgIpc) is 2.72. The van der Waals surface area contributed by atoms with Crippen molar-refractivity contribution < 1.29 is 24.5 Å². The Morgan fingerprint density at radius 1 is 0.828 bits per heavy atom. The topological polar surface area (TPSA) is 83.8 Å². The second-order valence-corrected chi connectivity index (χ2v) is 8.04. The van der Waals surface area contributed by atoms with Gasteiger partial charge in [-0.3, -0.25) is 4.79 Å². The second kappa shape index (κ2) is 20.1. The van der Waals surface area contributed by atoms with E-state index >= 15 is 0 Å². The van der Waals surface area contributed by atoms with Gasteiger partial charge in [-0.15, -0.1) is 6.58 Å². The minimum Gasteiger partial charge on any atom is -0.393 e. The molecule has 0 fully saturated rings. The van der Waals surface area contributed by atoms with Gasteiger partial charge in [0.25, 0.3) is 0 Å². The van der Waals surface area contributed by atoms with Crippen molar-refractivity contribution in [1.82, 2.24) is 0 Å². The number of hydrogen-bond acceptors (Lipinski definition) is 5. The quantitative estimate of drug-likeness (QED) is 0.120. The highest BCUT2D eigenvalue weighted by Crippen LogP contribution is 2.18. The van der Waals surface area contributed by atoms with Gasteiger partial charge in [-0.1, -0.05) is 103 Å². The van der Waals surface area contributed by atoms with Crippen LogP contribution in [-0.2, 0) is 14.3 Å². The van der Waals surface area contributed by atoms with Crippen LogP contribution in [0.25, 0.3) is 0 Å². The van der Waals surface area contributed by atoms with Crippen molar-refractivity contribution in [3.63, 3.8) is 0 Å². The zero-order valence-corrected chi connectivity index (χ0v) is 18.6. The van der Waals surface area contributed by atoms with E-state index in [2.05, 4.69) is 18.2 Å². The lowest BCUT2D eigenvalue weighted by molar-refractivity contribution is -0.169. The molecule has 2 unspecified atom stereocenters. The number of carbonyl (C=O) groups excluding carboxylic acids is 2. The normalized spacial score (nSPS) is 13.1. The number of allylic oxidation sites excluding steroid dienone is 1. The lowest BCUT2D eigenvalue weighted by Crippen LogP contribution is -2.31. The first-order valence-corrected chi connectivity index (χ1v) is 11.7. The summed E-state index contributed by atoms with van der Waals surface area (Å²) in [6.07, 6.45) is 19.0. The first-order valence-electron chi connectivity index (χ1n) is 11.7. The molecule has 0 saturated heterocycles. The highest BCUT2D eigenvalue weighted by molar-refractivity contribution is 5.88. The van der Waals surface area contributed by atoms with Gasteiger partial charge in [0.2, 0.25) is 0 Å². The lowest BCUT2D eigenvalue weighted by Gasteiger charge is -2.14. The Kier molecular flexibility index (Phi) is 19.3. The van der Waals surface area contributed by atoms with Gasteiger partial charge < -0.3 is 14.9 Å². The molecule has 29 heavy (non-hydrogen) atoms. The van der Waals surface area contributed by atoms with E-state index in [1.807, 2.05) is 0 Å². The van der Waals surface area contributed by atoms with Crippen LogP contribution in [0.3, 0.4) is 0 Å². The van der Waals surface area contributed by atoms with Crippen LogP contribution in [0.2, 0.25) is 0 Å². The number of aliphatic hydroxyl groups excluding tert-OH is 2. The molecule has 2 N–H and O–H groups in total. The van der Waals surface area contributed by atoms with Gasteiger partial charge in [-0.25, -0.2) is 4.79 Å². The Morgan fingerprint density at radius 2 is 1.28 bits per heavy atom. The first-order chi connectivity index (χ1) is 14.1. The van der Waals surface area contributed by atoms with Crippen molar-refractivity contribution in [3.05, 3.63) is 12.7 Å². The van der Waals surface area contributed by atoms with E-state index in [4.69, 9.17) is 5.11 Å². The third kappa shape index (κ3) is 16.3. The fraction of sp³-hybridized carbons (Fsp3) is 0.833. The molecule has 0 amide bonds. The van der Waals surface area contributed by atoms with Crippen molar-refractivity contribution in [2.45, 2.75) is 116 Å². The van der Waals surface area contributed by atoms with Crippen molar-refractivity contribution >= 4 is 11.9 Å². The lowest BCUT2D eigenvalue weighted by atomic mass is 9.97. The number of rotatable bonds is 20. The third-order valence-electron chi connectivity index (χ3n) is 5.34. The summed E-state index contributed by atoms with van der Waals surface area (Å²) in [6.45, 7) is 5.15. The van der Waals surface area contributed by atoms with Crippen molar-refractivity contribution in [2.75, 3.05) is 6.61 Å². The number of hydrogen-bond donors (Lipinski definition) is 2. The van der Waals surface area contributed by atoms with E-state index in [0.717, 1.165) is 19.3 Å². The Morgan fingerprint density at radius 3 is 1.69 bits per heavy atom. The molecule has 0 aliphatic rings. The molecule has 0 saturated carbocycles. The molecule has 5 heteroatoms. The summed E-state index contributed by atoms with van der Waals surface area (Å²) >= 11 is 0. The number of ether oxygens (including phenoxy) is 1. The summed E-state index contributed by atoms with van der Waals surface area (Å²) in [5, 5.41) is 17.9. The zero-order chi connectivity index (χ0) is 21.7. The van der Waals surface area contributed by atoms with Crippen LogP contribution in [0.1, 0.15) is 110 Å². The monoisotopic (exact) mass is 412 g/mol. The summed E-state index contributed by atoms with van der Waals surface area (Å²) in [7, 11) is 0. The molecule has 0 aromatic carbocycles. The van der Waals surface area contributed by atoms with Crippen LogP contribution in [0, 0.1) is 5.92 Å². The van der Waals surface area contributed by atoms with Gasteiger partial charge >= 0.3 is 11.9 Å². The van der Waals surface area contributed by atoms with Gasteiger partial charge in [-0.05, 0) is 12.8 Å². The predicted octanol–water partition coefficient (Wildman–Crippen LogP) is 5.47. The van der Waals surface area contributed by atoms with E-state index < -0.39 is 30.6 Å². The minimum atomic E-state index is -1.66. The van der Waals surface area contributed by atoms with Crippen LogP contribution in [0.15, 0.2) is 12.7 Å².